The van der Waals surface area contributed by atoms with Crippen LogP contribution in [-0.2, 0) is 9.37 Å². The molecule has 0 spiro atoms. The van der Waals surface area contributed by atoms with Crippen LogP contribution in [0.5, 0.6) is 0 Å². The molecule has 0 unspecified atom stereocenters. The monoisotopic (exact) mass is 202 g/mol. The Morgan fingerprint density at radius 3 is 2.54 bits per heavy atom. The molecule has 0 heterocycles. The molecule has 0 bridgehead atoms. The van der Waals surface area contributed by atoms with Crippen LogP contribution in [0.15, 0.2) is 12.7 Å². The first kappa shape index (κ1) is 15.1. The van der Waals surface area contributed by atoms with Crippen LogP contribution >= 0.6 is 12.0 Å². The summed E-state index contributed by atoms with van der Waals surface area (Å²) in [6, 6.07) is 0. The Morgan fingerprint density at radius 2 is 1.92 bits per heavy atom. The fourth-order valence-corrected chi connectivity index (χ4v) is 0.381. The van der Waals surface area contributed by atoms with Crippen molar-refractivity contribution >= 4 is 12.0 Å². The van der Waals surface area contributed by atoms with Crippen molar-refractivity contribution in [1.29, 1.82) is 0 Å². The van der Waals surface area contributed by atoms with Gasteiger partial charge in [-0.15, -0.1) is 0 Å². The van der Waals surface area contributed by atoms with Crippen molar-refractivity contribution in [3.63, 3.8) is 0 Å². The van der Waals surface area contributed by atoms with Crippen molar-refractivity contribution < 1.29 is 44.2 Å². The third-order valence-corrected chi connectivity index (χ3v) is 0.825. The minimum atomic E-state index is 0. The summed E-state index contributed by atoms with van der Waals surface area (Å²) < 4.78 is 3.83. The molecule has 3 nitrogen and oxygen atoms in total. The van der Waals surface area contributed by atoms with Gasteiger partial charge in [-0.1, -0.05) is 12.5 Å². The Morgan fingerprint density at radius 1 is 1.23 bits per heavy atom. The molecule has 0 N–H and O–H groups in total. The van der Waals surface area contributed by atoms with Crippen molar-refractivity contribution in [2.45, 2.75) is 0 Å². The average molecular weight is 202 g/mol. The Labute approximate surface area is 103 Å². The molecule has 0 radical (unpaired) electrons. The molecule has 0 fully saturated rings. The van der Waals surface area contributed by atoms with Crippen LogP contribution in [0.25, 0.3) is 0 Å². The summed E-state index contributed by atoms with van der Waals surface area (Å²) in [5.41, 5.74) is 0. The van der Waals surface area contributed by atoms with E-state index in [1.807, 2.05) is 0 Å². The van der Waals surface area contributed by atoms with Gasteiger partial charge in [-0.2, -0.15) is 4.33 Å². The van der Waals surface area contributed by atoms with Crippen molar-refractivity contribution in [2.24, 2.45) is 0 Å². The topological polar surface area (TPSA) is 41.5 Å². The van der Waals surface area contributed by atoms with Gasteiger partial charge >= 0.3 is 29.6 Å². The first-order valence-electron chi connectivity index (χ1n) is 2.65. The Kier molecular flexibility index (Phi) is 16.5. The zero-order valence-corrected chi connectivity index (χ0v) is 9.73. The second-order valence-electron chi connectivity index (χ2n) is 1.17. The van der Waals surface area contributed by atoms with Crippen LogP contribution in [0.2, 0.25) is 0 Å². The van der Waals surface area contributed by atoms with E-state index in [0.717, 1.165) is 0 Å². The van der Waals surface area contributed by atoms with E-state index in [4.69, 9.17) is 0 Å². The molecule has 0 aromatic rings. The summed E-state index contributed by atoms with van der Waals surface area (Å²) in [6.45, 7) is 3.37. The third-order valence-electron chi connectivity index (χ3n) is 0.516. The van der Waals surface area contributed by atoms with E-state index < -0.39 is 0 Å². The maximum absolute atomic E-state index is 9.22. The van der Waals surface area contributed by atoms with Gasteiger partial charge in [0.05, 0.1) is 0 Å². The maximum Gasteiger partial charge on any atom is 1.00 e. The zero-order valence-electron chi connectivity index (χ0n) is 6.92. The quantitative estimate of drug-likeness (QED) is 0.120. The average Bonchev–Trinajstić information content (AvgIpc) is 2.10. The van der Waals surface area contributed by atoms with E-state index in [1.54, 1.807) is 0 Å². The number of allylic oxidation sites excluding steroid dienone is 1. The zero-order chi connectivity index (χ0) is 9.07. The van der Waals surface area contributed by atoms with E-state index in [2.05, 4.69) is 50.8 Å². The van der Waals surface area contributed by atoms with E-state index in [-0.39, 0.29) is 29.6 Å². The molecular weight excluding hydrogens is 199 g/mol. The summed E-state index contributed by atoms with van der Waals surface area (Å²) in [7, 11) is 0. The molecule has 60 valence electrons. The summed E-state index contributed by atoms with van der Waals surface area (Å²) in [5.74, 6) is 12.1. The molecule has 0 saturated carbocycles. The minimum absolute atomic E-state index is 0. The smallest absolute Gasteiger partial charge is 0.691 e. The molecule has 0 saturated heterocycles. The van der Waals surface area contributed by atoms with Crippen LogP contribution in [0.3, 0.4) is 0 Å². The molecule has 0 amide bonds. The van der Waals surface area contributed by atoms with Gasteiger partial charge in [-0.25, -0.2) is 0 Å². The van der Waals surface area contributed by atoms with Crippen molar-refractivity contribution in [3.05, 3.63) is 12.7 Å². The molecule has 0 aliphatic heterocycles. The minimum Gasteiger partial charge on any atom is -0.691 e. The molecule has 0 aliphatic rings. The summed E-state index contributed by atoms with van der Waals surface area (Å²) in [5, 5.41) is 14.5. The number of rotatable bonds is 2. The fraction of sp³-hybridized carbons (Fsp3) is 0. The van der Waals surface area contributed by atoms with Crippen LogP contribution < -0.4 is 34.8 Å². The second-order valence-corrected chi connectivity index (χ2v) is 1.68. The van der Waals surface area contributed by atoms with Gasteiger partial charge in [0.2, 0.25) is 0 Å². The van der Waals surface area contributed by atoms with Crippen molar-refractivity contribution in [2.75, 3.05) is 0 Å². The van der Waals surface area contributed by atoms with Gasteiger partial charge in [0.15, 0.2) is 0 Å². The third kappa shape index (κ3) is 14.5. The molecule has 0 aromatic carbocycles. The largest absolute Gasteiger partial charge is 1.00 e. The molecule has 0 rings (SSSR count). The van der Waals surface area contributed by atoms with E-state index in [0.29, 0.717) is 12.0 Å². The number of hydrogen-bond donors (Lipinski definition) is 0. The Hall–Kier alpha value is -0.350. The van der Waals surface area contributed by atoms with Crippen LogP contribution in [0.4, 0.5) is 0 Å². The van der Waals surface area contributed by atoms with Crippen LogP contribution in [0.1, 0.15) is 0 Å². The normalized spacial score (nSPS) is 5.62. The summed E-state index contributed by atoms with van der Waals surface area (Å²) >= 11 is 0.550. The summed E-state index contributed by atoms with van der Waals surface area (Å²) in [6.07, 6.45) is 1.42. The van der Waals surface area contributed by atoms with Gasteiger partial charge in [-0.05, 0) is 23.8 Å². The molecule has 5 heteroatoms. The van der Waals surface area contributed by atoms with Gasteiger partial charge in [0.1, 0.15) is 12.0 Å². The molecule has 0 atom stereocenters. The Bertz CT molecular complexity index is 307. The Balaban J connectivity index is 0. The van der Waals surface area contributed by atoms with E-state index in [9.17, 15) is 5.26 Å². The first-order chi connectivity index (χ1) is 5.91. The first-order valence-corrected chi connectivity index (χ1v) is 3.39. The maximum atomic E-state index is 9.22. The molecule has 0 aliphatic carbocycles. The predicted molar refractivity (Wildman–Crippen MR) is 43.3 cm³/mol. The predicted octanol–water partition coefficient (Wildman–Crippen LogP) is -2.98. The van der Waals surface area contributed by atoms with Crippen molar-refractivity contribution in [1.82, 2.24) is 0 Å². The fourth-order valence-electron chi connectivity index (χ4n) is 0.227. The van der Waals surface area contributed by atoms with E-state index >= 15 is 0 Å². The SMILES string of the molecule is C=CC#CC#CC#CSOO[O-].[Na+]. The van der Waals surface area contributed by atoms with Gasteiger partial charge in [0.25, 0.3) is 0 Å². The van der Waals surface area contributed by atoms with E-state index in [1.165, 1.54) is 6.08 Å². The van der Waals surface area contributed by atoms with Gasteiger partial charge in [-0.3, -0.25) is 5.04 Å². The van der Waals surface area contributed by atoms with Crippen molar-refractivity contribution in [3.8, 4) is 34.9 Å². The molecule has 0 aromatic heterocycles. The van der Waals surface area contributed by atoms with Gasteiger partial charge < -0.3 is 5.26 Å². The standard InChI is InChI=1S/C8H4O3S.Na/c1-2-3-4-5-6-7-8-12-11-10-9;/h2,9H,1H2;/q;+1/p-1. The molecule has 13 heavy (non-hydrogen) atoms. The van der Waals surface area contributed by atoms with Gasteiger partial charge in [0, 0.05) is 11.2 Å². The summed E-state index contributed by atoms with van der Waals surface area (Å²) in [4.78, 5) is 0. The second kappa shape index (κ2) is 14.2. The number of hydrogen-bond acceptors (Lipinski definition) is 4. The molecular formula is C8H3NaO3S. The van der Waals surface area contributed by atoms with Crippen LogP contribution in [0, 0.1) is 34.9 Å². The van der Waals surface area contributed by atoms with Crippen LogP contribution in [-0.4, -0.2) is 0 Å².